The van der Waals surface area contributed by atoms with Crippen molar-refractivity contribution in [3.8, 4) is 0 Å². The number of piperidine rings is 1. The molecule has 0 aromatic heterocycles. The molecule has 2 fully saturated rings. The summed E-state index contributed by atoms with van der Waals surface area (Å²) in [6.07, 6.45) is 0.578. The Kier molecular flexibility index (Phi) is 6.66. The molecular formula is C18H20ClFN2O5S. The van der Waals surface area contributed by atoms with E-state index in [-0.39, 0.29) is 29.3 Å². The van der Waals surface area contributed by atoms with E-state index in [1.165, 1.54) is 35.9 Å². The van der Waals surface area contributed by atoms with E-state index in [0.717, 1.165) is 0 Å². The van der Waals surface area contributed by atoms with Gasteiger partial charge in [-0.2, -0.15) is 0 Å². The average molecular weight is 431 g/mol. The Bertz CT molecular complexity index is 772. The first-order chi connectivity index (χ1) is 13.4. The summed E-state index contributed by atoms with van der Waals surface area (Å²) in [6, 6.07) is 3.15. The summed E-state index contributed by atoms with van der Waals surface area (Å²) < 4.78 is 22.8. The third kappa shape index (κ3) is 4.52. The molecule has 10 heteroatoms. The van der Waals surface area contributed by atoms with Crippen LogP contribution in [0.2, 0.25) is 5.02 Å². The summed E-state index contributed by atoms with van der Waals surface area (Å²) in [5, 5.41) is 0.276. The zero-order valence-electron chi connectivity index (χ0n) is 15.2. The van der Waals surface area contributed by atoms with Gasteiger partial charge < -0.3 is 14.4 Å². The number of cyclic esters (lactones) is 1. The molecule has 2 saturated heterocycles. The van der Waals surface area contributed by atoms with E-state index in [0.29, 0.717) is 30.8 Å². The Morgan fingerprint density at radius 3 is 2.71 bits per heavy atom. The molecule has 0 spiro atoms. The highest BCUT2D eigenvalue weighted by Crippen LogP contribution is 2.29. The number of methoxy groups -OCH3 is 1. The van der Waals surface area contributed by atoms with Crippen LogP contribution >= 0.6 is 23.4 Å². The van der Waals surface area contributed by atoms with Crippen LogP contribution in [-0.4, -0.2) is 72.4 Å². The maximum Gasteiger partial charge on any atom is 0.410 e. The fourth-order valence-electron chi connectivity index (χ4n) is 3.37. The van der Waals surface area contributed by atoms with Crippen LogP contribution in [0.1, 0.15) is 12.8 Å². The van der Waals surface area contributed by atoms with Gasteiger partial charge in [0.1, 0.15) is 12.4 Å². The minimum atomic E-state index is -0.735. The first-order valence-corrected chi connectivity index (χ1v) is 10.2. The van der Waals surface area contributed by atoms with Crippen molar-refractivity contribution in [2.24, 2.45) is 0 Å². The Morgan fingerprint density at radius 2 is 2.07 bits per heavy atom. The molecule has 0 N–H and O–H groups in total. The number of halogens is 2. The van der Waals surface area contributed by atoms with Crippen LogP contribution < -0.4 is 0 Å². The van der Waals surface area contributed by atoms with Crippen molar-refractivity contribution < 1.29 is 28.2 Å². The van der Waals surface area contributed by atoms with E-state index in [2.05, 4.69) is 0 Å². The molecule has 7 nitrogen and oxygen atoms in total. The van der Waals surface area contributed by atoms with Crippen LogP contribution in [0.3, 0.4) is 0 Å². The number of hydrogen-bond acceptors (Lipinski definition) is 6. The summed E-state index contributed by atoms with van der Waals surface area (Å²) in [5.74, 6) is -0.797. The molecule has 1 aromatic carbocycles. The Balaban J connectivity index is 1.52. The Labute approximate surface area is 171 Å². The average Bonchev–Trinajstić information content (AvgIpc) is 3.08. The number of carbonyl (C=O) groups excluding carboxylic acids is 3. The van der Waals surface area contributed by atoms with Crippen LogP contribution in [0.25, 0.3) is 0 Å². The number of benzene rings is 1. The van der Waals surface area contributed by atoms with Gasteiger partial charge in [0.25, 0.3) is 0 Å². The molecule has 1 aromatic rings. The number of nitrogens with zero attached hydrogens (tertiary/aromatic N) is 2. The lowest BCUT2D eigenvalue weighted by Gasteiger charge is -2.37. The van der Waals surface area contributed by atoms with Crippen LogP contribution in [0.4, 0.5) is 9.18 Å². The molecule has 3 rings (SSSR count). The van der Waals surface area contributed by atoms with E-state index in [1.54, 1.807) is 11.0 Å². The van der Waals surface area contributed by atoms with Crippen LogP contribution in [-0.2, 0) is 19.1 Å². The number of ether oxygens (including phenoxy) is 2. The number of hydrogen-bond donors (Lipinski definition) is 0. The molecule has 1 unspecified atom stereocenters. The van der Waals surface area contributed by atoms with Gasteiger partial charge in [0.05, 0.1) is 17.9 Å². The molecule has 0 aliphatic carbocycles. The predicted octanol–water partition coefficient (Wildman–Crippen LogP) is 2.56. The lowest BCUT2D eigenvalue weighted by Crippen LogP contribution is -2.52. The minimum absolute atomic E-state index is 0.0142. The smallest absolute Gasteiger partial charge is 0.410 e. The fraction of sp³-hybridized carbons (Fsp3) is 0.500. The normalized spacial score (nSPS) is 20.2. The third-order valence-electron chi connectivity index (χ3n) is 4.84. The van der Waals surface area contributed by atoms with Crippen molar-refractivity contribution in [1.29, 1.82) is 0 Å². The van der Waals surface area contributed by atoms with Crippen molar-refractivity contribution in [2.75, 3.05) is 32.6 Å². The fourth-order valence-corrected chi connectivity index (χ4v) is 4.52. The first-order valence-electron chi connectivity index (χ1n) is 8.79. The minimum Gasteiger partial charge on any atom is -0.467 e. The van der Waals surface area contributed by atoms with Gasteiger partial charge in [-0.1, -0.05) is 11.6 Å². The van der Waals surface area contributed by atoms with Gasteiger partial charge >= 0.3 is 12.1 Å². The quantitative estimate of drug-likeness (QED) is 0.528. The molecule has 0 radical (unpaired) electrons. The molecule has 2 aliphatic rings. The lowest BCUT2D eigenvalue weighted by atomic mass is 10.0. The van der Waals surface area contributed by atoms with E-state index in [1.807, 2.05) is 0 Å². The first kappa shape index (κ1) is 20.7. The van der Waals surface area contributed by atoms with Crippen molar-refractivity contribution in [3.63, 3.8) is 0 Å². The number of rotatable bonds is 5. The SMILES string of the molecule is COC(=O)C1COC(=O)N1C1CCN(C(=O)CSc2ccc(F)cc2Cl)CC1. The molecule has 0 bridgehead atoms. The number of esters is 1. The second-order valence-corrected chi connectivity index (χ2v) is 7.92. The van der Waals surface area contributed by atoms with Gasteiger partial charge in [-0.05, 0) is 31.0 Å². The predicted molar refractivity (Wildman–Crippen MR) is 101 cm³/mol. The Morgan fingerprint density at radius 1 is 1.36 bits per heavy atom. The molecule has 28 heavy (non-hydrogen) atoms. The van der Waals surface area contributed by atoms with Gasteiger partial charge in [0, 0.05) is 24.0 Å². The summed E-state index contributed by atoms with van der Waals surface area (Å²) in [6.45, 7) is 0.928. The number of thioether (sulfide) groups is 1. The highest BCUT2D eigenvalue weighted by Gasteiger charge is 2.44. The van der Waals surface area contributed by atoms with Gasteiger partial charge in [0.2, 0.25) is 5.91 Å². The molecule has 0 saturated carbocycles. The standard InChI is InChI=1S/C18H20ClFN2O5S/c1-26-17(24)14-9-27-18(25)22(14)12-4-6-21(7-5-12)16(23)10-28-15-3-2-11(20)8-13(15)19/h2-3,8,12,14H,4-7,9-10H2,1H3. The number of carbonyl (C=O) groups is 3. The highest BCUT2D eigenvalue weighted by molar-refractivity contribution is 8.00. The second-order valence-electron chi connectivity index (χ2n) is 6.50. The van der Waals surface area contributed by atoms with Crippen molar-refractivity contribution in [1.82, 2.24) is 9.80 Å². The topological polar surface area (TPSA) is 76.2 Å². The molecule has 1 atom stereocenters. The largest absolute Gasteiger partial charge is 0.467 e. The van der Waals surface area contributed by atoms with Gasteiger partial charge in [-0.15, -0.1) is 11.8 Å². The summed E-state index contributed by atoms with van der Waals surface area (Å²) in [4.78, 5) is 40.1. The van der Waals surface area contributed by atoms with Crippen LogP contribution in [0.5, 0.6) is 0 Å². The van der Waals surface area contributed by atoms with E-state index in [9.17, 15) is 18.8 Å². The zero-order chi connectivity index (χ0) is 20.3. The van der Waals surface area contributed by atoms with Gasteiger partial charge in [0.15, 0.2) is 6.04 Å². The lowest BCUT2D eigenvalue weighted by molar-refractivity contribution is -0.146. The zero-order valence-corrected chi connectivity index (χ0v) is 16.8. The van der Waals surface area contributed by atoms with Crippen LogP contribution in [0, 0.1) is 5.82 Å². The van der Waals surface area contributed by atoms with Crippen molar-refractivity contribution in [3.05, 3.63) is 29.0 Å². The molecule has 2 heterocycles. The Hall–Kier alpha value is -2.00. The monoisotopic (exact) mass is 430 g/mol. The van der Waals surface area contributed by atoms with Crippen LogP contribution in [0.15, 0.2) is 23.1 Å². The molecule has 2 aliphatic heterocycles. The van der Waals surface area contributed by atoms with Gasteiger partial charge in [-0.3, -0.25) is 9.69 Å². The highest BCUT2D eigenvalue weighted by atomic mass is 35.5. The van der Waals surface area contributed by atoms with Crippen molar-refractivity contribution in [2.45, 2.75) is 29.8 Å². The van der Waals surface area contributed by atoms with E-state index >= 15 is 0 Å². The second kappa shape index (κ2) is 9.00. The number of amides is 2. The molecular weight excluding hydrogens is 411 g/mol. The molecule has 2 amide bonds. The maximum atomic E-state index is 13.1. The van der Waals surface area contributed by atoms with E-state index in [4.69, 9.17) is 21.1 Å². The summed E-state index contributed by atoms with van der Waals surface area (Å²) >= 11 is 7.24. The number of likely N-dealkylation sites (tertiary alicyclic amines) is 1. The molecule has 152 valence electrons. The third-order valence-corrected chi connectivity index (χ3v) is 6.32. The van der Waals surface area contributed by atoms with Crippen molar-refractivity contribution >= 4 is 41.3 Å². The van der Waals surface area contributed by atoms with Gasteiger partial charge in [-0.25, -0.2) is 14.0 Å². The summed E-state index contributed by atoms with van der Waals surface area (Å²) in [7, 11) is 1.27. The maximum absolute atomic E-state index is 13.1. The van der Waals surface area contributed by atoms with E-state index < -0.39 is 23.9 Å². The summed E-state index contributed by atoms with van der Waals surface area (Å²) in [5.41, 5.74) is 0.